The van der Waals surface area contributed by atoms with Crippen molar-refractivity contribution in [1.82, 2.24) is 10.5 Å². The van der Waals surface area contributed by atoms with Crippen LogP contribution in [0.2, 0.25) is 0 Å². The summed E-state index contributed by atoms with van der Waals surface area (Å²) in [5.41, 5.74) is 6.87. The molecule has 19 heavy (non-hydrogen) atoms. The molecule has 3 N–H and O–H groups in total. The molecular formula is C13H15N3O3. The van der Waals surface area contributed by atoms with E-state index in [1.165, 1.54) is 0 Å². The van der Waals surface area contributed by atoms with Crippen LogP contribution in [0.15, 0.2) is 34.9 Å². The van der Waals surface area contributed by atoms with Crippen LogP contribution < -0.4 is 15.8 Å². The van der Waals surface area contributed by atoms with Crippen molar-refractivity contribution in [3.63, 3.8) is 0 Å². The third kappa shape index (κ3) is 3.74. The van der Waals surface area contributed by atoms with Gasteiger partial charge in [0, 0.05) is 6.07 Å². The number of carbonyl (C=O) groups excluding carboxylic acids is 1. The number of amides is 1. The van der Waals surface area contributed by atoms with E-state index in [-0.39, 0.29) is 12.5 Å². The summed E-state index contributed by atoms with van der Waals surface area (Å²) in [7, 11) is 0. The minimum atomic E-state index is -0.246. The number of benzene rings is 1. The van der Waals surface area contributed by atoms with Crippen LogP contribution in [-0.2, 0) is 11.3 Å². The molecule has 0 spiro atoms. The zero-order chi connectivity index (χ0) is 13.7. The predicted octanol–water partition coefficient (Wildman–Crippen LogP) is 1.26. The van der Waals surface area contributed by atoms with Gasteiger partial charge in [0.1, 0.15) is 17.2 Å². The minimum absolute atomic E-state index is 0.0922. The van der Waals surface area contributed by atoms with E-state index in [0.717, 1.165) is 0 Å². The van der Waals surface area contributed by atoms with Crippen LogP contribution in [-0.4, -0.2) is 17.7 Å². The number of nitrogen functional groups attached to an aromatic ring is 1. The lowest BCUT2D eigenvalue weighted by atomic mass is 10.3. The Hall–Kier alpha value is -2.50. The molecule has 0 bridgehead atoms. The molecule has 0 aliphatic carbocycles. The molecule has 1 aromatic heterocycles. The van der Waals surface area contributed by atoms with E-state index in [0.29, 0.717) is 29.4 Å². The number of nitrogens with zero attached hydrogens (tertiary/aromatic N) is 1. The summed E-state index contributed by atoms with van der Waals surface area (Å²) in [6.07, 6.45) is 0. The van der Waals surface area contributed by atoms with Crippen LogP contribution in [0.3, 0.4) is 0 Å². The van der Waals surface area contributed by atoms with E-state index in [2.05, 4.69) is 10.5 Å². The van der Waals surface area contributed by atoms with Gasteiger partial charge in [-0.15, -0.1) is 0 Å². The van der Waals surface area contributed by atoms with E-state index < -0.39 is 0 Å². The highest BCUT2D eigenvalue weighted by Crippen LogP contribution is 2.19. The van der Waals surface area contributed by atoms with Gasteiger partial charge >= 0.3 is 0 Å². The van der Waals surface area contributed by atoms with Crippen LogP contribution in [0.5, 0.6) is 5.75 Å². The largest absolute Gasteiger partial charge is 0.482 e. The topological polar surface area (TPSA) is 90.4 Å². The first kappa shape index (κ1) is 12.9. The standard InChI is InChI=1S/C13H15N3O3/c1-9-6-10(16-19-9)7-15-13(17)8-18-12-5-3-2-4-11(12)14/h2-6H,7-8,14H2,1H3,(H,15,17). The second-order valence-corrected chi connectivity index (χ2v) is 4.03. The van der Waals surface area contributed by atoms with Gasteiger partial charge in [-0.3, -0.25) is 4.79 Å². The first-order chi connectivity index (χ1) is 9.15. The highest BCUT2D eigenvalue weighted by Gasteiger charge is 2.06. The fraction of sp³-hybridized carbons (Fsp3) is 0.231. The molecule has 1 heterocycles. The summed E-state index contributed by atoms with van der Waals surface area (Å²) < 4.78 is 10.2. The summed E-state index contributed by atoms with van der Waals surface area (Å²) in [5, 5.41) is 6.44. The van der Waals surface area contributed by atoms with Gasteiger partial charge in [0.2, 0.25) is 0 Å². The van der Waals surface area contributed by atoms with Crippen molar-refractivity contribution >= 4 is 11.6 Å². The number of nitrogens with two attached hydrogens (primary N) is 1. The summed E-state index contributed by atoms with van der Waals surface area (Å²) in [6.45, 7) is 2.01. The van der Waals surface area contributed by atoms with Gasteiger partial charge in [-0.1, -0.05) is 17.3 Å². The van der Waals surface area contributed by atoms with Crippen LogP contribution in [0.1, 0.15) is 11.5 Å². The van der Waals surface area contributed by atoms with E-state index in [9.17, 15) is 4.79 Å². The molecule has 2 rings (SSSR count). The highest BCUT2D eigenvalue weighted by atomic mass is 16.5. The number of para-hydroxylation sites is 2. The maximum atomic E-state index is 11.6. The maximum absolute atomic E-state index is 11.6. The van der Waals surface area contributed by atoms with Crippen molar-refractivity contribution < 1.29 is 14.1 Å². The molecule has 0 fully saturated rings. The molecule has 0 aliphatic rings. The van der Waals surface area contributed by atoms with Crippen molar-refractivity contribution in [3.05, 3.63) is 41.8 Å². The van der Waals surface area contributed by atoms with E-state index in [1.807, 2.05) is 0 Å². The highest BCUT2D eigenvalue weighted by molar-refractivity contribution is 5.77. The average molecular weight is 261 g/mol. The van der Waals surface area contributed by atoms with Crippen molar-refractivity contribution in [2.45, 2.75) is 13.5 Å². The molecular weight excluding hydrogens is 246 g/mol. The molecule has 0 radical (unpaired) electrons. The number of hydrogen-bond donors (Lipinski definition) is 2. The SMILES string of the molecule is Cc1cc(CNC(=O)COc2ccccc2N)no1. The number of aryl methyl sites for hydroxylation is 1. The Bertz CT molecular complexity index is 566. The van der Waals surface area contributed by atoms with Crippen LogP contribution in [0, 0.1) is 6.92 Å². The zero-order valence-electron chi connectivity index (χ0n) is 10.6. The predicted molar refractivity (Wildman–Crippen MR) is 69.4 cm³/mol. The summed E-state index contributed by atoms with van der Waals surface area (Å²) in [6, 6.07) is 8.78. The molecule has 1 amide bonds. The number of rotatable bonds is 5. The Morgan fingerprint density at radius 2 is 2.26 bits per heavy atom. The van der Waals surface area contributed by atoms with Crippen molar-refractivity contribution in [2.24, 2.45) is 0 Å². The molecule has 0 aliphatic heterocycles. The number of nitrogens with one attached hydrogen (secondary N) is 1. The fourth-order valence-electron chi connectivity index (χ4n) is 1.50. The van der Waals surface area contributed by atoms with E-state index in [4.69, 9.17) is 15.0 Å². The molecule has 0 saturated heterocycles. The number of aromatic nitrogens is 1. The van der Waals surface area contributed by atoms with E-state index in [1.54, 1.807) is 37.3 Å². The lowest BCUT2D eigenvalue weighted by Crippen LogP contribution is -2.28. The Kier molecular flexibility index (Phi) is 4.02. The van der Waals surface area contributed by atoms with Crippen LogP contribution in [0.25, 0.3) is 0 Å². The third-order valence-electron chi connectivity index (χ3n) is 2.42. The molecule has 100 valence electrons. The average Bonchev–Trinajstić information content (AvgIpc) is 2.81. The van der Waals surface area contributed by atoms with Gasteiger partial charge < -0.3 is 20.3 Å². The molecule has 6 heteroatoms. The number of anilines is 1. The third-order valence-corrected chi connectivity index (χ3v) is 2.42. The molecule has 2 aromatic rings. The van der Waals surface area contributed by atoms with Crippen molar-refractivity contribution in [1.29, 1.82) is 0 Å². The van der Waals surface area contributed by atoms with Crippen molar-refractivity contribution in [2.75, 3.05) is 12.3 Å². The number of ether oxygens (including phenoxy) is 1. The number of hydrogen-bond acceptors (Lipinski definition) is 5. The van der Waals surface area contributed by atoms with Gasteiger partial charge in [0.15, 0.2) is 6.61 Å². The zero-order valence-corrected chi connectivity index (χ0v) is 10.6. The van der Waals surface area contributed by atoms with Gasteiger partial charge in [0.25, 0.3) is 5.91 Å². The molecule has 6 nitrogen and oxygen atoms in total. The smallest absolute Gasteiger partial charge is 0.258 e. The maximum Gasteiger partial charge on any atom is 0.258 e. The molecule has 0 unspecified atom stereocenters. The Balaban J connectivity index is 1.77. The molecule has 0 saturated carbocycles. The Morgan fingerprint density at radius 3 is 2.95 bits per heavy atom. The Labute approximate surface area is 110 Å². The number of carbonyl (C=O) groups is 1. The van der Waals surface area contributed by atoms with E-state index >= 15 is 0 Å². The lowest BCUT2D eigenvalue weighted by Gasteiger charge is -2.08. The van der Waals surface area contributed by atoms with Gasteiger partial charge in [0.05, 0.1) is 12.2 Å². The molecule has 0 atom stereocenters. The van der Waals surface area contributed by atoms with Crippen LogP contribution >= 0.6 is 0 Å². The molecule has 1 aromatic carbocycles. The quantitative estimate of drug-likeness (QED) is 0.791. The lowest BCUT2D eigenvalue weighted by molar-refractivity contribution is -0.123. The van der Waals surface area contributed by atoms with Gasteiger partial charge in [-0.25, -0.2) is 0 Å². The first-order valence-electron chi connectivity index (χ1n) is 5.81. The Morgan fingerprint density at radius 1 is 1.47 bits per heavy atom. The summed E-state index contributed by atoms with van der Waals surface area (Å²) in [4.78, 5) is 11.6. The van der Waals surface area contributed by atoms with Gasteiger partial charge in [-0.05, 0) is 19.1 Å². The fourth-order valence-corrected chi connectivity index (χ4v) is 1.50. The second-order valence-electron chi connectivity index (χ2n) is 4.03. The minimum Gasteiger partial charge on any atom is -0.482 e. The van der Waals surface area contributed by atoms with Gasteiger partial charge in [-0.2, -0.15) is 0 Å². The normalized spacial score (nSPS) is 10.2. The monoisotopic (exact) mass is 261 g/mol. The van der Waals surface area contributed by atoms with Crippen LogP contribution in [0.4, 0.5) is 5.69 Å². The summed E-state index contributed by atoms with van der Waals surface area (Å²) in [5.74, 6) is 0.955. The first-order valence-corrected chi connectivity index (χ1v) is 5.81. The summed E-state index contributed by atoms with van der Waals surface area (Å²) >= 11 is 0. The second kappa shape index (κ2) is 5.90. The van der Waals surface area contributed by atoms with Crippen molar-refractivity contribution in [3.8, 4) is 5.75 Å².